The molecular weight excluding hydrogens is 190 g/mol. The van der Waals surface area contributed by atoms with Gasteiger partial charge in [-0.05, 0) is 44.9 Å². The minimum absolute atomic E-state index is 0.150. The normalized spacial score (nSPS) is 30.2. The summed E-state index contributed by atoms with van der Waals surface area (Å²) in [5, 5.41) is 12.9. The molecule has 2 fully saturated rings. The van der Waals surface area contributed by atoms with Gasteiger partial charge in [0, 0.05) is 12.5 Å². The fraction of sp³-hybridized carbons (Fsp3) is 0.917. The third-order valence-electron chi connectivity index (χ3n) is 3.89. The molecule has 1 aliphatic heterocycles. The van der Waals surface area contributed by atoms with Gasteiger partial charge in [0.05, 0.1) is 5.60 Å². The zero-order valence-corrected chi connectivity index (χ0v) is 9.30. The Hall–Kier alpha value is -0.570. The summed E-state index contributed by atoms with van der Waals surface area (Å²) in [6.45, 7) is 0.833. The van der Waals surface area contributed by atoms with Gasteiger partial charge in [-0.25, -0.2) is 0 Å². The van der Waals surface area contributed by atoms with Gasteiger partial charge in [0.25, 0.3) is 0 Å². The molecule has 15 heavy (non-hydrogen) atoms. The van der Waals surface area contributed by atoms with E-state index in [0.29, 0.717) is 0 Å². The maximum absolute atomic E-state index is 11.6. The maximum atomic E-state index is 11.6. The van der Waals surface area contributed by atoms with Gasteiger partial charge >= 0.3 is 0 Å². The van der Waals surface area contributed by atoms with Gasteiger partial charge < -0.3 is 10.4 Å². The van der Waals surface area contributed by atoms with Crippen LogP contribution in [0, 0.1) is 5.92 Å². The molecule has 0 spiro atoms. The van der Waals surface area contributed by atoms with Crippen molar-refractivity contribution in [1.29, 1.82) is 0 Å². The fourth-order valence-corrected chi connectivity index (χ4v) is 2.56. The number of hydrogen-bond donors (Lipinski definition) is 2. The fourth-order valence-electron chi connectivity index (χ4n) is 2.56. The summed E-state index contributed by atoms with van der Waals surface area (Å²) < 4.78 is 0. The zero-order valence-electron chi connectivity index (χ0n) is 9.30. The Labute approximate surface area is 91.2 Å². The molecule has 0 bridgehead atoms. The zero-order chi connectivity index (χ0) is 10.7. The smallest absolute Gasteiger partial charge is 0.223 e. The lowest BCUT2D eigenvalue weighted by Crippen LogP contribution is -2.38. The van der Waals surface area contributed by atoms with Gasteiger partial charge in [-0.15, -0.1) is 0 Å². The second kappa shape index (κ2) is 4.52. The first-order chi connectivity index (χ1) is 7.20. The highest BCUT2D eigenvalue weighted by atomic mass is 16.3. The minimum Gasteiger partial charge on any atom is -0.390 e. The van der Waals surface area contributed by atoms with Crippen molar-refractivity contribution in [3.8, 4) is 0 Å². The molecule has 1 atom stereocenters. The molecule has 1 heterocycles. The number of aliphatic hydroxyl groups is 1. The number of hydrogen-bond acceptors (Lipinski definition) is 2. The van der Waals surface area contributed by atoms with Crippen LogP contribution < -0.4 is 5.32 Å². The average molecular weight is 211 g/mol. The highest BCUT2D eigenvalue weighted by molar-refractivity contribution is 5.78. The van der Waals surface area contributed by atoms with Crippen molar-refractivity contribution >= 4 is 5.91 Å². The first kappa shape index (κ1) is 10.9. The molecule has 0 radical (unpaired) electrons. The molecule has 0 aromatic carbocycles. The number of amides is 1. The molecule has 3 nitrogen and oxygen atoms in total. The SMILES string of the molecule is O=C1NCCCCC1CCC1(O)CCC1. The number of rotatable bonds is 3. The van der Waals surface area contributed by atoms with Crippen molar-refractivity contribution in [3.63, 3.8) is 0 Å². The summed E-state index contributed by atoms with van der Waals surface area (Å²) in [5.41, 5.74) is -0.424. The molecule has 2 N–H and O–H groups in total. The van der Waals surface area contributed by atoms with Crippen molar-refractivity contribution in [2.75, 3.05) is 6.54 Å². The molecule has 3 heteroatoms. The Bertz CT molecular complexity index is 236. The minimum atomic E-state index is -0.424. The van der Waals surface area contributed by atoms with Crippen LogP contribution in [0.25, 0.3) is 0 Å². The standard InChI is InChI=1S/C12H21NO2/c14-11-10(4-1-2-9-13-11)5-8-12(15)6-3-7-12/h10,15H,1-9H2,(H,13,14). The summed E-state index contributed by atoms with van der Waals surface area (Å²) in [6, 6.07) is 0. The van der Waals surface area contributed by atoms with Crippen molar-refractivity contribution in [1.82, 2.24) is 5.32 Å². The van der Waals surface area contributed by atoms with Crippen LogP contribution in [-0.2, 0) is 4.79 Å². The van der Waals surface area contributed by atoms with Crippen LogP contribution in [-0.4, -0.2) is 23.2 Å². The Morgan fingerprint density at radius 2 is 2.13 bits per heavy atom. The van der Waals surface area contributed by atoms with E-state index in [1.807, 2.05) is 0 Å². The van der Waals surface area contributed by atoms with E-state index in [4.69, 9.17) is 0 Å². The van der Waals surface area contributed by atoms with E-state index in [1.54, 1.807) is 0 Å². The van der Waals surface area contributed by atoms with Crippen molar-refractivity contribution in [2.24, 2.45) is 5.92 Å². The monoisotopic (exact) mass is 211 g/mol. The Kier molecular flexibility index (Phi) is 3.29. The highest BCUT2D eigenvalue weighted by Gasteiger charge is 2.35. The second-order valence-electron chi connectivity index (χ2n) is 5.10. The van der Waals surface area contributed by atoms with Crippen LogP contribution in [0.1, 0.15) is 51.4 Å². The summed E-state index contributed by atoms with van der Waals surface area (Å²) >= 11 is 0. The van der Waals surface area contributed by atoms with E-state index >= 15 is 0 Å². The van der Waals surface area contributed by atoms with Crippen LogP contribution in [0.5, 0.6) is 0 Å². The van der Waals surface area contributed by atoms with Crippen LogP contribution >= 0.6 is 0 Å². The van der Waals surface area contributed by atoms with Gasteiger partial charge in [-0.3, -0.25) is 4.79 Å². The lowest BCUT2D eigenvalue weighted by atomic mass is 9.75. The maximum Gasteiger partial charge on any atom is 0.223 e. The third-order valence-corrected chi connectivity index (χ3v) is 3.89. The van der Waals surface area contributed by atoms with Crippen molar-refractivity contribution < 1.29 is 9.90 Å². The summed E-state index contributed by atoms with van der Waals surface area (Å²) in [4.78, 5) is 11.6. The van der Waals surface area contributed by atoms with E-state index in [1.165, 1.54) is 0 Å². The van der Waals surface area contributed by atoms with Gasteiger partial charge in [-0.1, -0.05) is 6.42 Å². The van der Waals surface area contributed by atoms with Gasteiger partial charge in [0.2, 0.25) is 5.91 Å². The van der Waals surface area contributed by atoms with E-state index in [9.17, 15) is 9.90 Å². The van der Waals surface area contributed by atoms with Crippen LogP contribution in [0.2, 0.25) is 0 Å². The number of carbonyl (C=O) groups is 1. The molecule has 1 aliphatic carbocycles. The average Bonchev–Trinajstić information content (AvgIpc) is 2.37. The molecule has 1 unspecified atom stereocenters. The quantitative estimate of drug-likeness (QED) is 0.745. The van der Waals surface area contributed by atoms with E-state index in [0.717, 1.165) is 57.9 Å². The van der Waals surface area contributed by atoms with Crippen molar-refractivity contribution in [3.05, 3.63) is 0 Å². The number of nitrogens with one attached hydrogen (secondary N) is 1. The molecule has 1 saturated heterocycles. The molecule has 1 amide bonds. The van der Waals surface area contributed by atoms with E-state index in [2.05, 4.69) is 5.32 Å². The topological polar surface area (TPSA) is 49.3 Å². The lowest BCUT2D eigenvalue weighted by molar-refractivity contribution is -0.125. The largest absolute Gasteiger partial charge is 0.390 e. The van der Waals surface area contributed by atoms with Gasteiger partial charge in [-0.2, -0.15) is 0 Å². The van der Waals surface area contributed by atoms with Gasteiger partial charge in [0.15, 0.2) is 0 Å². The third kappa shape index (κ3) is 2.71. The summed E-state index contributed by atoms with van der Waals surface area (Å²) in [5.74, 6) is 0.354. The van der Waals surface area contributed by atoms with Crippen LogP contribution in [0.3, 0.4) is 0 Å². The summed E-state index contributed by atoms with van der Waals surface area (Å²) in [6.07, 6.45) is 7.93. The van der Waals surface area contributed by atoms with Crippen LogP contribution in [0.15, 0.2) is 0 Å². The second-order valence-corrected chi connectivity index (χ2v) is 5.10. The van der Waals surface area contributed by atoms with E-state index in [-0.39, 0.29) is 11.8 Å². The summed E-state index contributed by atoms with van der Waals surface area (Å²) in [7, 11) is 0. The lowest BCUT2D eigenvalue weighted by Gasteiger charge is -2.37. The van der Waals surface area contributed by atoms with Crippen LogP contribution in [0.4, 0.5) is 0 Å². The Morgan fingerprint density at radius 3 is 2.80 bits per heavy atom. The molecule has 1 saturated carbocycles. The first-order valence-electron chi connectivity index (χ1n) is 6.20. The molecule has 2 aliphatic rings. The number of carbonyl (C=O) groups excluding carboxylic acids is 1. The molecule has 2 rings (SSSR count). The molecular formula is C12H21NO2. The van der Waals surface area contributed by atoms with E-state index < -0.39 is 5.60 Å². The molecule has 0 aromatic heterocycles. The predicted octanol–water partition coefficient (Wildman–Crippen LogP) is 1.60. The Morgan fingerprint density at radius 1 is 1.33 bits per heavy atom. The Balaban J connectivity index is 1.79. The predicted molar refractivity (Wildman–Crippen MR) is 58.4 cm³/mol. The highest BCUT2D eigenvalue weighted by Crippen LogP contribution is 2.37. The molecule has 86 valence electrons. The molecule has 0 aromatic rings. The first-order valence-corrected chi connectivity index (χ1v) is 6.20. The van der Waals surface area contributed by atoms with Gasteiger partial charge in [0.1, 0.15) is 0 Å². The van der Waals surface area contributed by atoms with Crippen molar-refractivity contribution in [2.45, 2.75) is 57.0 Å².